The molecular formula is C18H30N2O. The standard InChI is InChI=1S/C18H30N2O/c1-4-15(2)20(3)13-12-18(14-21,19-17-10-11-17)16-8-6-5-7-9-16/h5-9,15,17,19,21H,4,10-14H2,1-3H3. The Morgan fingerprint density at radius 1 is 1.33 bits per heavy atom. The summed E-state index contributed by atoms with van der Waals surface area (Å²) in [5.74, 6) is 0. The van der Waals surface area contributed by atoms with Crippen molar-refractivity contribution in [1.82, 2.24) is 10.2 Å². The van der Waals surface area contributed by atoms with Gasteiger partial charge in [-0.05, 0) is 45.2 Å². The molecule has 0 radical (unpaired) electrons. The number of aliphatic hydroxyl groups excluding tert-OH is 1. The first-order chi connectivity index (χ1) is 10.1. The highest BCUT2D eigenvalue weighted by Gasteiger charge is 2.37. The van der Waals surface area contributed by atoms with E-state index in [0.29, 0.717) is 12.1 Å². The predicted octanol–water partition coefficient (Wildman–Crippen LogP) is 2.75. The van der Waals surface area contributed by atoms with Gasteiger partial charge in [-0.15, -0.1) is 0 Å². The quantitative estimate of drug-likeness (QED) is 0.734. The van der Waals surface area contributed by atoms with Gasteiger partial charge in [-0.3, -0.25) is 0 Å². The van der Waals surface area contributed by atoms with Crippen LogP contribution in [-0.4, -0.2) is 42.3 Å². The lowest BCUT2D eigenvalue weighted by Crippen LogP contribution is -2.49. The third kappa shape index (κ3) is 4.29. The van der Waals surface area contributed by atoms with E-state index in [0.717, 1.165) is 19.4 Å². The molecule has 21 heavy (non-hydrogen) atoms. The second kappa shape index (κ2) is 7.39. The molecule has 0 heterocycles. The van der Waals surface area contributed by atoms with Gasteiger partial charge in [0.25, 0.3) is 0 Å². The van der Waals surface area contributed by atoms with Crippen molar-refractivity contribution in [3.8, 4) is 0 Å². The molecule has 1 aliphatic rings. The minimum absolute atomic E-state index is 0.155. The van der Waals surface area contributed by atoms with Crippen LogP contribution in [0.1, 0.15) is 45.1 Å². The molecule has 0 aliphatic heterocycles. The number of benzene rings is 1. The van der Waals surface area contributed by atoms with E-state index in [-0.39, 0.29) is 12.1 Å². The van der Waals surface area contributed by atoms with Crippen molar-refractivity contribution in [1.29, 1.82) is 0 Å². The second-order valence-electron chi connectivity index (χ2n) is 6.51. The van der Waals surface area contributed by atoms with Gasteiger partial charge in [0.05, 0.1) is 12.1 Å². The monoisotopic (exact) mass is 290 g/mol. The number of nitrogens with one attached hydrogen (secondary N) is 1. The molecule has 2 N–H and O–H groups in total. The SMILES string of the molecule is CCC(C)N(C)CCC(CO)(NC1CC1)c1ccccc1. The third-order valence-corrected chi connectivity index (χ3v) is 4.89. The number of hydrogen-bond acceptors (Lipinski definition) is 3. The lowest BCUT2D eigenvalue weighted by molar-refractivity contribution is 0.126. The van der Waals surface area contributed by atoms with E-state index in [9.17, 15) is 5.11 Å². The zero-order valence-corrected chi connectivity index (χ0v) is 13.7. The molecule has 1 aromatic carbocycles. The minimum atomic E-state index is -0.301. The van der Waals surface area contributed by atoms with Gasteiger partial charge in [0.1, 0.15) is 0 Å². The summed E-state index contributed by atoms with van der Waals surface area (Å²) < 4.78 is 0. The Bertz CT molecular complexity index is 418. The first kappa shape index (κ1) is 16.5. The van der Waals surface area contributed by atoms with E-state index in [1.807, 2.05) is 6.07 Å². The van der Waals surface area contributed by atoms with Gasteiger partial charge < -0.3 is 15.3 Å². The van der Waals surface area contributed by atoms with Gasteiger partial charge in [-0.1, -0.05) is 37.3 Å². The van der Waals surface area contributed by atoms with Crippen molar-refractivity contribution in [2.75, 3.05) is 20.2 Å². The molecule has 1 saturated carbocycles. The third-order valence-electron chi connectivity index (χ3n) is 4.89. The lowest BCUT2D eigenvalue weighted by Gasteiger charge is -2.36. The van der Waals surface area contributed by atoms with Crippen LogP contribution in [0.25, 0.3) is 0 Å². The van der Waals surface area contributed by atoms with Crippen LogP contribution in [0.15, 0.2) is 30.3 Å². The van der Waals surface area contributed by atoms with E-state index < -0.39 is 0 Å². The van der Waals surface area contributed by atoms with Crippen LogP contribution in [0.4, 0.5) is 0 Å². The molecule has 3 nitrogen and oxygen atoms in total. The van der Waals surface area contributed by atoms with Gasteiger partial charge in [-0.2, -0.15) is 0 Å². The van der Waals surface area contributed by atoms with Gasteiger partial charge >= 0.3 is 0 Å². The van der Waals surface area contributed by atoms with Crippen molar-refractivity contribution in [2.24, 2.45) is 0 Å². The van der Waals surface area contributed by atoms with Crippen LogP contribution in [0, 0.1) is 0 Å². The summed E-state index contributed by atoms with van der Waals surface area (Å²) >= 11 is 0. The molecule has 0 aromatic heterocycles. The maximum Gasteiger partial charge on any atom is 0.0683 e. The summed E-state index contributed by atoms with van der Waals surface area (Å²) in [4.78, 5) is 2.39. The van der Waals surface area contributed by atoms with Gasteiger partial charge in [0.15, 0.2) is 0 Å². The first-order valence-electron chi connectivity index (χ1n) is 8.25. The Balaban J connectivity index is 2.11. The maximum absolute atomic E-state index is 10.1. The normalized spacial score (nSPS) is 19.5. The van der Waals surface area contributed by atoms with Gasteiger partial charge in [-0.25, -0.2) is 0 Å². The Labute approximate surface area is 129 Å². The fourth-order valence-electron chi connectivity index (χ4n) is 2.79. The average molecular weight is 290 g/mol. The molecule has 118 valence electrons. The summed E-state index contributed by atoms with van der Waals surface area (Å²) in [5.41, 5.74) is 0.904. The molecule has 1 aliphatic carbocycles. The van der Waals surface area contributed by atoms with Crippen molar-refractivity contribution in [3.05, 3.63) is 35.9 Å². The van der Waals surface area contributed by atoms with E-state index in [1.165, 1.54) is 18.4 Å². The highest BCUT2D eigenvalue weighted by Crippen LogP contribution is 2.31. The number of rotatable bonds is 9. The van der Waals surface area contributed by atoms with E-state index in [1.54, 1.807) is 0 Å². The smallest absolute Gasteiger partial charge is 0.0683 e. The van der Waals surface area contributed by atoms with Crippen LogP contribution in [0.5, 0.6) is 0 Å². The van der Waals surface area contributed by atoms with E-state index in [4.69, 9.17) is 0 Å². The molecule has 0 spiro atoms. The van der Waals surface area contributed by atoms with Crippen molar-refractivity contribution >= 4 is 0 Å². The maximum atomic E-state index is 10.1. The second-order valence-corrected chi connectivity index (χ2v) is 6.51. The van der Waals surface area contributed by atoms with E-state index >= 15 is 0 Å². The Morgan fingerprint density at radius 3 is 2.52 bits per heavy atom. The molecule has 1 aromatic rings. The van der Waals surface area contributed by atoms with Gasteiger partial charge in [0, 0.05) is 18.6 Å². The Hall–Kier alpha value is -0.900. The number of hydrogen-bond donors (Lipinski definition) is 2. The molecule has 2 rings (SSSR count). The van der Waals surface area contributed by atoms with Crippen molar-refractivity contribution in [3.63, 3.8) is 0 Å². The van der Waals surface area contributed by atoms with Crippen LogP contribution in [0.2, 0.25) is 0 Å². The number of nitrogens with zero attached hydrogens (tertiary/aromatic N) is 1. The predicted molar refractivity (Wildman–Crippen MR) is 88.4 cm³/mol. The summed E-state index contributed by atoms with van der Waals surface area (Å²) in [5, 5.41) is 13.8. The van der Waals surface area contributed by atoms with Crippen LogP contribution in [-0.2, 0) is 5.54 Å². The Morgan fingerprint density at radius 2 is 2.00 bits per heavy atom. The molecule has 2 unspecified atom stereocenters. The van der Waals surface area contributed by atoms with Crippen molar-refractivity contribution in [2.45, 2.75) is 57.2 Å². The molecule has 1 fully saturated rings. The molecule has 0 bridgehead atoms. The zero-order chi connectivity index (χ0) is 15.3. The highest BCUT2D eigenvalue weighted by atomic mass is 16.3. The molecule has 2 atom stereocenters. The van der Waals surface area contributed by atoms with Crippen LogP contribution < -0.4 is 5.32 Å². The molecule has 3 heteroatoms. The highest BCUT2D eigenvalue weighted by molar-refractivity contribution is 5.25. The average Bonchev–Trinajstić information content (AvgIpc) is 3.35. The van der Waals surface area contributed by atoms with Crippen molar-refractivity contribution < 1.29 is 5.11 Å². The first-order valence-corrected chi connectivity index (χ1v) is 8.25. The molecular weight excluding hydrogens is 260 g/mol. The van der Waals surface area contributed by atoms with Crippen LogP contribution >= 0.6 is 0 Å². The molecule has 0 saturated heterocycles. The summed E-state index contributed by atoms with van der Waals surface area (Å²) in [6, 6.07) is 11.6. The zero-order valence-electron chi connectivity index (χ0n) is 13.7. The largest absolute Gasteiger partial charge is 0.394 e. The fraction of sp³-hybridized carbons (Fsp3) is 0.667. The summed E-state index contributed by atoms with van der Waals surface area (Å²) in [7, 11) is 2.18. The summed E-state index contributed by atoms with van der Waals surface area (Å²) in [6.07, 6.45) is 4.56. The number of aliphatic hydroxyl groups is 1. The topological polar surface area (TPSA) is 35.5 Å². The Kier molecular flexibility index (Phi) is 5.80. The summed E-state index contributed by atoms with van der Waals surface area (Å²) in [6.45, 7) is 5.63. The van der Waals surface area contributed by atoms with Gasteiger partial charge in [0.2, 0.25) is 0 Å². The lowest BCUT2D eigenvalue weighted by atomic mass is 9.86. The fourth-order valence-corrected chi connectivity index (χ4v) is 2.79. The molecule has 0 amide bonds. The van der Waals surface area contributed by atoms with Crippen LogP contribution in [0.3, 0.4) is 0 Å². The van der Waals surface area contributed by atoms with E-state index in [2.05, 4.69) is 55.4 Å². The minimum Gasteiger partial charge on any atom is -0.394 e.